The molecule has 116 valence electrons. The summed E-state index contributed by atoms with van der Waals surface area (Å²) in [5.74, 6) is 0.544. The first-order chi connectivity index (χ1) is 11.2. The summed E-state index contributed by atoms with van der Waals surface area (Å²) in [6.45, 7) is 0.506. The van der Waals surface area contributed by atoms with Gasteiger partial charge in [-0.05, 0) is 12.1 Å². The summed E-state index contributed by atoms with van der Waals surface area (Å²) in [7, 11) is 0. The average Bonchev–Trinajstić information content (AvgIpc) is 3.27. The fourth-order valence-electron chi connectivity index (χ4n) is 2.11. The predicted octanol–water partition coefficient (Wildman–Crippen LogP) is 2.34. The molecule has 0 saturated carbocycles. The van der Waals surface area contributed by atoms with Gasteiger partial charge in [0.2, 0.25) is 10.9 Å². The van der Waals surface area contributed by atoms with Crippen molar-refractivity contribution in [2.75, 3.05) is 0 Å². The molecule has 0 bridgehead atoms. The molecular formula is C13H10N6O2S2. The summed E-state index contributed by atoms with van der Waals surface area (Å²) in [6, 6.07) is 3.72. The lowest BCUT2D eigenvalue weighted by Crippen LogP contribution is -2.03. The highest BCUT2D eigenvalue weighted by Crippen LogP contribution is 2.23. The summed E-state index contributed by atoms with van der Waals surface area (Å²) in [5, 5.41) is 9.73. The van der Waals surface area contributed by atoms with E-state index in [0.717, 1.165) is 5.69 Å². The molecular weight excluding hydrogens is 336 g/mol. The molecule has 8 nitrogen and oxygen atoms in total. The second-order valence-electron chi connectivity index (χ2n) is 4.64. The highest BCUT2D eigenvalue weighted by molar-refractivity contribution is 7.80. The zero-order valence-electron chi connectivity index (χ0n) is 11.6. The summed E-state index contributed by atoms with van der Waals surface area (Å²) in [4.78, 5) is 8.15. The quantitative estimate of drug-likeness (QED) is 0.552. The Kier molecular flexibility index (Phi) is 3.46. The van der Waals surface area contributed by atoms with Gasteiger partial charge >= 0.3 is 0 Å². The van der Waals surface area contributed by atoms with E-state index in [4.69, 9.17) is 8.83 Å². The zero-order chi connectivity index (χ0) is 15.8. The summed E-state index contributed by atoms with van der Waals surface area (Å²) >= 11 is 8.38. The molecule has 4 rings (SSSR count). The predicted molar refractivity (Wildman–Crippen MR) is 85.0 cm³/mol. The summed E-state index contributed by atoms with van der Waals surface area (Å²) < 4.78 is 13.5. The Hall–Kier alpha value is -2.46. The Morgan fingerprint density at radius 2 is 1.78 bits per heavy atom. The van der Waals surface area contributed by atoms with E-state index in [0.29, 0.717) is 33.9 Å². The molecule has 0 N–H and O–H groups in total. The van der Waals surface area contributed by atoms with Gasteiger partial charge in [0.15, 0.2) is 17.9 Å². The molecule has 0 fully saturated rings. The molecule has 10 heteroatoms. The molecule has 0 amide bonds. The smallest absolute Gasteiger partial charge is 0.206 e. The molecule has 4 heterocycles. The van der Waals surface area contributed by atoms with Gasteiger partial charge in [0.1, 0.15) is 11.4 Å². The maximum atomic E-state index is 5.07. The van der Waals surface area contributed by atoms with Crippen LogP contribution in [0, 0.1) is 0 Å². The van der Waals surface area contributed by atoms with E-state index in [2.05, 4.69) is 45.4 Å². The molecule has 0 radical (unpaired) electrons. The van der Waals surface area contributed by atoms with E-state index >= 15 is 0 Å². The van der Waals surface area contributed by atoms with Gasteiger partial charge in [0.25, 0.3) is 0 Å². The second kappa shape index (κ2) is 5.63. The minimum atomic E-state index is 0.411. The third-order valence-corrected chi connectivity index (χ3v) is 3.77. The number of nitrogens with zero attached hydrogens (tertiary/aromatic N) is 6. The molecule has 0 atom stereocenters. The molecule has 0 aromatic carbocycles. The van der Waals surface area contributed by atoms with Gasteiger partial charge in [-0.2, -0.15) is 15.2 Å². The first-order valence-corrected chi connectivity index (χ1v) is 7.44. The molecule has 0 aliphatic rings. The molecule has 0 aliphatic heterocycles. The molecule has 0 spiro atoms. The van der Waals surface area contributed by atoms with E-state index in [1.165, 1.54) is 12.8 Å². The number of hydrogen-bond donors (Lipinski definition) is 2. The summed E-state index contributed by atoms with van der Waals surface area (Å²) in [6.07, 6.45) is 6.30. The van der Waals surface area contributed by atoms with E-state index < -0.39 is 0 Å². The molecule has 0 aliphatic carbocycles. The maximum Gasteiger partial charge on any atom is 0.206 e. The van der Waals surface area contributed by atoms with Crippen molar-refractivity contribution in [3.63, 3.8) is 0 Å². The molecule has 0 unspecified atom stereocenters. The Morgan fingerprint density at radius 3 is 2.52 bits per heavy atom. The topological polar surface area (TPSA) is 87.7 Å². The highest BCUT2D eigenvalue weighted by atomic mass is 32.1. The zero-order valence-corrected chi connectivity index (χ0v) is 13.4. The minimum Gasteiger partial charge on any atom is -0.437 e. The van der Waals surface area contributed by atoms with Crippen LogP contribution in [0.4, 0.5) is 0 Å². The monoisotopic (exact) mass is 346 g/mol. The molecule has 4 aromatic rings. The van der Waals surface area contributed by atoms with Crippen LogP contribution < -0.4 is 0 Å². The number of rotatable bonds is 4. The van der Waals surface area contributed by atoms with Gasteiger partial charge in [0.05, 0.1) is 12.2 Å². The third kappa shape index (κ3) is 2.66. The average molecular weight is 346 g/mol. The van der Waals surface area contributed by atoms with E-state index in [1.807, 2.05) is 18.3 Å². The van der Waals surface area contributed by atoms with Crippen LogP contribution in [-0.2, 0) is 6.54 Å². The van der Waals surface area contributed by atoms with E-state index in [9.17, 15) is 0 Å². The van der Waals surface area contributed by atoms with Crippen molar-refractivity contribution in [2.24, 2.45) is 0 Å². The lowest BCUT2D eigenvalue weighted by molar-refractivity contribution is 0.468. The van der Waals surface area contributed by atoms with E-state index in [-0.39, 0.29) is 0 Å². The van der Waals surface area contributed by atoms with Gasteiger partial charge in [0, 0.05) is 12.4 Å². The van der Waals surface area contributed by atoms with Crippen LogP contribution in [0.1, 0.15) is 5.69 Å². The first kappa shape index (κ1) is 14.2. The van der Waals surface area contributed by atoms with Crippen molar-refractivity contribution in [3.05, 3.63) is 43.0 Å². The standard InChI is InChI=1S/C13H10N6O2S2/c22-12-10(14-6-20-12)9-2-3-18(17-9)5-8-1-4-19(16-8)11-13(23)21-7-15-11/h1-4,6-7,22-23H,5H2. The number of oxazole rings is 2. The normalized spacial score (nSPS) is 11.2. The first-order valence-electron chi connectivity index (χ1n) is 6.54. The van der Waals surface area contributed by atoms with Crippen LogP contribution in [0.3, 0.4) is 0 Å². The van der Waals surface area contributed by atoms with Crippen molar-refractivity contribution in [2.45, 2.75) is 16.7 Å². The molecule has 23 heavy (non-hydrogen) atoms. The second-order valence-corrected chi connectivity index (χ2v) is 5.45. The number of hydrogen-bond acceptors (Lipinski definition) is 8. The van der Waals surface area contributed by atoms with E-state index in [1.54, 1.807) is 15.6 Å². The van der Waals surface area contributed by atoms with Crippen LogP contribution in [0.5, 0.6) is 0 Å². The van der Waals surface area contributed by atoms with Gasteiger partial charge in [-0.15, -0.1) is 25.3 Å². The maximum absolute atomic E-state index is 5.07. The lowest BCUT2D eigenvalue weighted by Gasteiger charge is -1.98. The van der Waals surface area contributed by atoms with Crippen molar-refractivity contribution in [1.82, 2.24) is 29.5 Å². The van der Waals surface area contributed by atoms with Crippen molar-refractivity contribution in [3.8, 4) is 17.2 Å². The fourth-order valence-corrected chi connectivity index (χ4v) is 2.54. The Morgan fingerprint density at radius 1 is 0.957 bits per heavy atom. The van der Waals surface area contributed by atoms with Crippen molar-refractivity contribution < 1.29 is 8.83 Å². The Bertz CT molecular complexity index is 877. The Balaban J connectivity index is 1.55. The largest absolute Gasteiger partial charge is 0.437 e. The Labute approximate surface area is 141 Å². The van der Waals surface area contributed by atoms with Crippen LogP contribution in [-0.4, -0.2) is 29.5 Å². The number of thiol groups is 2. The van der Waals surface area contributed by atoms with Crippen LogP contribution in [0.15, 0.2) is 56.3 Å². The number of aromatic nitrogens is 6. The van der Waals surface area contributed by atoms with Gasteiger partial charge in [-0.25, -0.2) is 9.67 Å². The van der Waals surface area contributed by atoms with Gasteiger partial charge in [-0.3, -0.25) is 4.68 Å². The lowest BCUT2D eigenvalue weighted by atomic mass is 10.3. The summed E-state index contributed by atoms with van der Waals surface area (Å²) in [5.41, 5.74) is 2.12. The fraction of sp³-hybridized carbons (Fsp3) is 0.0769. The molecule has 0 saturated heterocycles. The van der Waals surface area contributed by atoms with Crippen LogP contribution in [0.25, 0.3) is 17.2 Å². The van der Waals surface area contributed by atoms with Crippen LogP contribution >= 0.6 is 25.3 Å². The van der Waals surface area contributed by atoms with Crippen LogP contribution in [0.2, 0.25) is 0 Å². The van der Waals surface area contributed by atoms with Crippen molar-refractivity contribution in [1.29, 1.82) is 0 Å². The van der Waals surface area contributed by atoms with Gasteiger partial charge in [-0.1, -0.05) is 0 Å². The molecule has 4 aromatic heterocycles. The van der Waals surface area contributed by atoms with Crippen molar-refractivity contribution >= 4 is 25.3 Å². The minimum absolute atomic E-state index is 0.411. The highest BCUT2D eigenvalue weighted by Gasteiger charge is 2.12. The van der Waals surface area contributed by atoms with Gasteiger partial charge < -0.3 is 8.83 Å². The third-order valence-electron chi connectivity index (χ3n) is 3.15. The SMILES string of the molecule is Sc1ocnc1-c1ccn(Cc2ccn(-c3ncoc3S)n2)n1.